The van der Waals surface area contributed by atoms with E-state index in [9.17, 15) is 5.11 Å². The Morgan fingerprint density at radius 3 is 1.24 bits per heavy atom. The van der Waals surface area contributed by atoms with Gasteiger partial charge in [0.25, 0.3) is 0 Å². The molecule has 1 N–H and O–H groups in total. The standard InChI is InChI=1S/C19H40O.Al.3H/c1-4-7-9-11-13-15-17-19(20,6-3)18-16-14-12-10-8-5-2;;;;/h20H,4-18H2,1-3H3;;;;. The van der Waals surface area contributed by atoms with Gasteiger partial charge in [-0.15, -0.1) is 0 Å². The van der Waals surface area contributed by atoms with E-state index in [1.807, 2.05) is 0 Å². The average molecular weight is 315 g/mol. The molecule has 0 bridgehead atoms. The second-order valence-corrected chi connectivity index (χ2v) is 6.61. The summed E-state index contributed by atoms with van der Waals surface area (Å²) >= 11 is 0. The molecule has 0 aromatic carbocycles. The molecule has 0 aromatic heterocycles. The molecule has 0 aliphatic rings. The highest BCUT2D eigenvalue weighted by atomic mass is 27.0. The van der Waals surface area contributed by atoms with E-state index in [-0.39, 0.29) is 23.0 Å². The third kappa shape index (κ3) is 15.2. The quantitative estimate of drug-likeness (QED) is 0.315. The van der Waals surface area contributed by atoms with Gasteiger partial charge in [0.1, 0.15) is 0 Å². The SMILES string of the molecule is CCCCCCCCC(O)(CC)CCCCCCCC.[AlH3]. The molecular weight excluding hydrogens is 271 g/mol. The van der Waals surface area contributed by atoms with Crippen LogP contribution in [0.5, 0.6) is 0 Å². The molecule has 128 valence electrons. The number of hydrogen-bond donors (Lipinski definition) is 1. The van der Waals surface area contributed by atoms with Crippen molar-refractivity contribution in [2.24, 2.45) is 0 Å². The van der Waals surface area contributed by atoms with Gasteiger partial charge in [0.05, 0.1) is 5.60 Å². The van der Waals surface area contributed by atoms with Crippen LogP contribution >= 0.6 is 0 Å². The van der Waals surface area contributed by atoms with Crippen molar-refractivity contribution in [3.05, 3.63) is 0 Å². The third-order valence-corrected chi connectivity index (χ3v) is 4.65. The Kier molecular flexibility index (Phi) is 19.1. The predicted molar refractivity (Wildman–Crippen MR) is 101 cm³/mol. The van der Waals surface area contributed by atoms with Crippen molar-refractivity contribution in [2.75, 3.05) is 0 Å². The zero-order valence-corrected chi connectivity index (χ0v) is 14.6. The molecule has 0 radical (unpaired) electrons. The fourth-order valence-corrected chi connectivity index (χ4v) is 2.95. The zero-order chi connectivity index (χ0) is 15.1. The van der Waals surface area contributed by atoms with Gasteiger partial charge in [0.2, 0.25) is 0 Å². The minimum atomic E-state index is -0.366. The first kappa shape index (κ1) is 23.8. The normalized spacial score (nSPS) is 11.4. The van der Waals surface area contributed by atoms with Crippen LogP contribution in [-0.4, -0.2) is 28.1 Å². The first-order chi connectivity index (χ1) is 9.68. The number of aliphatic hydroxyl groups is 1. The first-order valence-corrected chi connectivity index (χ1v) is 9.41. The molecule has 0 atom stereocenters. The highest BCUT2D eigenvalue weighted by molar-refractivity contribution is 5.75. The monoisotopic (exact) mass is 314 g/mol. The Bertz CT molecular complexity index is 178. The van der Waals surface area contributed by atoms with Crippen molar-refractivity contribution < 1.29 is 5.11 Å². The van der Waals surface area contributed by atoms with Gasteiger partial charge in [-0.3, -0.25) is 0 Å². The van der Waals surface area contributed by atoms with Gasteiger partial charge < -0.3 is 5.11 Å². The Hall–Kier alpha value is 0.492. The minimum absolute atomic E-state index is 0. The number of unbranched alkanes of at least 4 members (excludes halogenated alkanes) is 10. The second-order valence-electron chi connectivity index (χ2n) is 6.61. The van der Waals surface area contributed by atoms with E-state index in [0.717, 1.165) is 19.3 Å². The Labute approximate surface area is 145 Å². The van der Waals surface area contributed by atoms with Crippen molar-refractivity contribution in [3.8, 4) is 0 Å². The topological polar surface area (TPSA) is 20.2 Å². The lowest BCUT2D eigenvalue weighted by Crippen LogP contribution is -2.27. The van der Waals surface area contributed by atoms with Gasteiger partial charge in [0, 0.05) is 0 Å². The lowest BCUT2D eigenvalue weighted by molar-refractivity contribution is 0.0140. The summed E-state index contributed by atoms with van der Waals surface area (Å²) in [6.45, 7) is 6.67. The second kappa shape index (κ2) is 16.9. The molecule has 0 heterocycles. The van der Waals surface area contributed by atoms with Crippen molar-refractivity contribution in [2.45, 2.75) is 123 Å². The first-order valence-electron chi connectivity index (χ1n) is 9.41. The van der Waals surface area contributed by atoms with Crippen LogP contribution < -0.4 is 0 Å². The smallest absolute Gasteiger partial charge is 0.187 e. The van der Waals surface area contributed by atoms with E-state index in [2.05, 4.69) is 20.8 Å². The molecule has 2 heteroatoms. The fourth-order valence-electron chi connectivity index (χ4n) is 2.95. The van der Waals surface area contributed by atoms with Gasteiger partial charge in [0.15, 0.2) is 17.4 Å². The van der Waals surface area contributed by atoms with E-state index in [1.165, 1.54) is 77.0 Å². The molecule has 21 heavy (non-hydrogen) atoms. The highest BCUT2D eigenvalue weighted by Gasteiger charge is 2.22. The molecule has 0 unspecified atom stereocenters. The Balaban J connectivity index is 0. The zero-order valence-electron chi connectivity index (χ0n) is 14.6. The molecule has 1 nitrogen and oxygen atoms in total. The summed E-state index contributed by atoms with van der Waals surface area (Å²) in [6.07, 6.45) is 18.8. The summed E-state index contributed by atoms with van der Waals surface area (Å²) in [5.74, 6) is 0. The van der Waals surface area contributed by atoms with Crippen LogP contribution in [0.25, 0.3) is 0 Å². The van der Waals surface area contributed by atoms with Gasteiger partial charge in [-0.2, -0.15) is 0 Å². The maximum Gasteiger partial charge on any atom is 0.187 e. The van der Waals surface area contributed by atoms with E-state index in [4.69, 9.17) is 0 Å². The van der Waals surface area contributed by atoms with Gasteiger partial charge in [-0.05, 0) is 19.3 Å². The summed E-state index contributed by atoms with van der Waals surface area (Å²) in [7, 11) is 0. The lowest BCUT2D eigenvalue weighted by atomic mass is 9.87. The molecule has 0 aromatic rings. The van der Waals surface area contributed by atoms with E-state index < -0.39 is 0 Å². The molecule has 0 amide bonds. The Morgan fingerprint density at radius 2 is 0.905 bits per heavy atom. The Morgan fingerprint density at radius 1 is 0.571 bits per heavy atom. The van der Waals surface area contributed by atoms with Crippen LogP contribution in [0.4, 0.5) is 0 Å². The molecule has 0 aliphatic heterocycles. The molecule has 0 saturated heterocycles. The van der Waals surface area contributed by atoms with Crippen LogP contribution in [0.2, 0.25) is 0 Å². The highest BCUT2D eigenvalue weighted by Crippen LogP contribution is 2.26. The molecule has 0 rings (SSSR count). The van der Waals surface area contributed by atoms with Crippen molar-refractivity contribution in [1.29, 1.82) is 0 Å². The van der Waals surface area contributed by atoms with Crippen LogP contribution in [0.1, 0.15) is 117 Å². The van der Waals surface area contributed by atoms with Gasteiger partial charge >= 0.3 is 0 Å². The summed E-state index contributed by atoms with van der Waals surface area (Å²) in [5, 5.41) is 10.6. The van der Waals surface area contributed by atoms with E-state index in [1.54, 1.807) is 0 Å². The van der Waals surface area contributed by atoms with Crippen molar-refractivity contribution in [3.63, 3.8) is 0 Å². The van der Waals surface area contributed by atoms with E-state index >= 15 is 0 Å². The lowest BCUT2D eigenvalue weighted by Gasteiger charge is -2.27. The van der Waals surface area contributed by atoms with E-state index in [0.29, 0.717) is 0 Å². The van der Waals surface area contributed by atoms with Crippen LogP contribution in [0.3, 0.4) is 0 Å². The maximum atomic E-state index is 10.6. The fraction of sp³-hybridized carbons (Fsp3) is 1.00. The molecular formula is C19H43AlO. The van der Waals surface area contributed by atoms with Gasteiger partial charge in [-0.25, -0.2) is 0 Å². The molecule has 0 spiro atoms. The predicted octanol–water partition coefficient (Wildman–Crippen LogP) is 5.44. The molecule has 0 saturated carbocycles. The maximum absolute atomic E-state index is 10.6. The van der Waals surface area contributed by atoms with Crippen molar-refractivity contribution in [1.82, 2.24) is 0 Å². The number of rotatable bonds is 15. The summed E-state index contributed by atoms with van der Waals surface area (Å²) in [6, 6.07) is 0. The van der Waals surface area contributed by atoms with Crippen LogP contribution in [-0.2, 0) is 0 Å². The van der Waals surface area contributed by atoms with Gasteiger partial charge in [-0.1, -0.05) is 97.8 Å². The van der Waals surface area contributed by atoms with Crippen LogP contribution in [0.15, 0.2) is 0 Å². The molecule has 0 fully saturated rings. The summed E-state index contributed by atoms with van der Waals surface area (Å²) in [5.41, 5.74) is -0.366. The summed E-state index contributed by atoms with van der Waals surface area (Å²) in [4.78, 5) is 0. The largest absolute Gasteiger partial charge is 0.390 e. The number of hydrogen-bond acceptors (Lipinski definition) is 1. The summed E-state index contributed by atoms with van der Waals surface area (Å²) < 4.78 is 0. The van der Waals surface area contributed by atoms with Crippen LogP contribution in [0, 0.1) is 0 Å². The minimum Gasteiger partial charge on any atom is -0.390 e. The van der Waals surface area contributed by atoms with Crippen molar-refractivity contribution >= 4 is 17.4 Å². The average Bonchev–Trinajstić information content (AvgIpc) is 2.46. The molecule has 0 aliphatic carbocycles. The third-order valence-electron chi connectivity index (χ3n) is 4.65.